The van der Waals surface area contributed by atoms with Gasteiger partial charge in [0, 0.05) is 0 Å². The monoisotopic (exact) mass is 253 g/mol. The summed E-state index contributed by atoms with van der Waals surface area (Å²) in [4.78, 5) is 11.8. The van der Waals surface area contributed by atoms with Gasteiger partial charge in [-0.1, -0.05) is 11.3 Å². The van der Waals surface area contributed by atoms with Crippen LogP contribution in [0.4, 0.5) is 0 Å². The lowest BCUT2D eigenvalue weighted by atomic mass is 10.2. The number of esters is 1. The number of rotatable bonds is 2. The molecule has 0 aliphatic heterocycles. The van der Waals surface area contributed by atoms with Gasteiger partial charge in [-0.3, -0.25) is 0 Å². The van der Waals surface area contributed by atoms with E-state index in [2.05, 4.69) is 25.6 Å². The van der Waals surface area contributed by atoms with E-state index in [-0.39, 0.29) is 5.69 Å². The topological polar surface area (TPSA) is 93.7 Å². The lowest BCUT2D eigenvalue weighted by molar-refractivity contribution is 0.00637. The Hall–Kier alpha value is -1.83. The van der Waals surface area contributed by atoms with E-state index in [4.69, 9.17) is 4.74 Å². The van der Waals surface area contributed by atoms with Gasteiger partial charge in [-0.15, -0.1) is 15.3 Å². The Balaban J connectivity index is 2.29. The van der Waals surface area contributed by atoms with Gasteiger partial charge in [-0.2, -0.15) is 10.3 Å². The minimum absolute atomic E-state index is 0.122. The van der Waals surface area contributed by atoms with Crippen molar-refractivity contribution in [3.8, 4) is 10.7 Å². The van der Waals surface area contributed by atoms with Crippen LogP contribution in [0.2, 0.25) is 0 Å². The molecule has 0 aliphatic carbocycles. The van der Waals surface area contributed by atoms with Crippen molar-refractivity contribution in [3.63, 3.8) is 0 Å². The maximum Gasteiger partial charge on any atom is 0.361 e. The Bertz CT molecular complexity index is 514. The van der Waals surface area contributed by atoms with E-state index in [0.29, 0.717) is 10.7 Å². The highest BCUT2D eigenvalue weighted by Gasteiger charge is 2.25. The van der Waals surface area contributed by atoms with Crippen LogP contribution in [-0.2, 0) is 4.74 Å². The number of aromatic nitrogens is 5. The molecular formula is C9H11N5O2S. The molecule has 2 aromatic heterocycles. The van der Waals surface area contributed by atoms with Crippen molar-refractivity contribution < 1.29 is 9.53 Å². The van der Waals surface area contributed by atoms with E-state index in [9.17, 15) is 4.79 Å². The molecule has 0 atom stereocenters. The third-order valence-electron chi connectivity index (χ3n) is 1.70. The van der Waals surface area contributed by atoms with Crippen LogP contribution in [0.5, 0.6) is 0 Å². The molecule has 90 valence electrons. The summed E-state index contributed by atoms with van der Waals surface area (Å²) < 4.78 is 5.22. The number of ether oxygens (including phenoxy) is 1. The normalized spacial score (nSPS) is 11.5. The fourth-order valence-corrected chi connectivity index (χ4v) is 1.67. The SMILES string of the molecule is CC(C)(C)OC(=O)c1n[nH]nc1-c1nncs1. The van der Waals surface area contributed by atoms with Crippen molar-refractivity contribution in [1.29, 1.82) is 0 Å². The Morgan fingerprint density at radius 2 is 2.18 bits per heavy atom. The van der Waals surface area contributed by atoms with Crippen LogP contribution >= 0.6 is 11.3 Å². The molecule has 0 saturated carbocycles. The summed E-state index contributed by atoms with van der Waals surface area (Å²) in [5, 5.41) is 18.1. The van der Waals surface area contributed by atoms with E-state index < -0.39 is 11.6 Å². The third-order valence-corrected chi connectivity index (χ3v) is 2.40. The summed E-state index contributed by atoms with van der Waals surface area (Å²) >= 11 is 1.28. The molecule has 2 heterocycles. The summed E-state index contributed by atoms with van der Waals surface area (Å²) in [6.45, 7) is 5.36. The number of aromatic amines is 1. The van der Waals surface area contributed by atoms with Crippen molar-refractivity contribution in [2.75, 3.05) is 0 Å². The first kappa shape index (κ1) is 11.6. The van der Waals surface area contributed by atoms with Gasteiger partial charge in [0.1, 0.15) is 11.1 Å². The molecule has 0 aromatic carbocycles. The molecule has 0 aliphatic rings. The van der Waals surface area contributed by atoms with E-state index in [1.165, 1.54) is 11.3 Å². The molecule has 0 saturated heterocycles. The van der Waals surface area contributed by atoms with Gasteiger partial charge in [-0.05, 0) is 20.8 Å². The molecule has 0 fully saturated rings. The molecule has 0 amide bonds. The average molecular weight is 253 g/mol. The molecule has 1 N–H and O–H groups in total. The molecule has 8 heteroatoms. The van der Waals surface area contributed by atoms with Gasteiger partial charge in [0.2, 0.25) is 5.69 Å². The maximum absolute atomic E-state index is 11.8. The van der Waals surface area contributed by atoms with Crippen LogP contribution in [-0.4, -0.2) is 37.2 Å². The lowest BCUT2D eigenvalue weighted by Crippen LogP contribution is -2.24. The number of hydrogen-bond acceptors (Lipinski definition) is 7. The predicted octanol–water partition coefficient (Wildman–Crippen LogP) is 1.28. The van der Waals surface area contributed by atoms with Crippen molar-refractivity contribution >= 4 is 17.3 Å². The van der Waals surface area contributed by atoms with Gasteiger partial charge < -0.3 is 4.74 Å². The molecule has 17 heavy (non-hydrogen) atoms. The Morgan fingerprint density at radius 1 is 1.41 bits per heavy atom. The summed E-state index contributed by atoms with van der Waals surface area (Å²) in [6.07, 6.45) is 0. The highest BCUT2D eigenvalue weighted by Crippen LogP contribution is 2.22. The Labute approximate surface area is 101 Å². The molecule has 2 rings (SSSR count). The first-order valence-electron chi connectivity index (χ1n) is 4.88. The van der Waals surface area contributed by atoms with Crippen LogP contribution in [0.1, 0.15) is 31.3 Å². The highest BCUT2D eigenvalue weighted by molar-refractivity contribution is 7.12. The number of nitrogens with one attached hydrogen (secondary N) is 1. The second-order valence-corrected chi connectivity index (χ2v) is 5.10. The largest absolute Gasteiger partial charge is 0.455 e. The fraction of sp³-hybridized carbons (Fsp3) is 0.444. The van der Waals surface area contributed by atoms with Crippen LogP contribution in [0, 0.1) is 0 Å². The van der Waals surface area contributed by atoms with Crippen LogP contribution in [0.3, 0.4) is 0 Å². The van der Waals surface area contributed by atoms with Gasteiger partial charge in [0.25, 0.3) is 0 Å². The fourth-order valence-electron chi connectivity index (χ4n) is 1.13. The molecule has 0 unspecified atom stereocenters. The van der Waals surface area contributed by atoms with E-state index in [1.807, 2.05) is 0 Å². The Morgan fingerprint density at radius 3 is 2.76 bits per heavy atom. The number of nitrogens with zero attached hydrogens (tertiary/aromatic N) is 4. The zero-order valence-electron chi connectivity index (χ0n) is 9.59. The van der Waals surface area contributed by atoms with Crippen molar-refractivity contribution in [2.45, 2.75) is 26.4 Å². The van der Waals surface area contributed by atoms with Crippen molar-refractivity contribution in [3.05, 3.63) is 11.2 Å². The molecule has 2 aromatic rings. The molecule has 0 bridgehead atoms. The molecule has 0 spiro atoms. The van der Waals surface area contributed by atoms with Crippen LogP contribution < -0.4 is 0 Å². The second kappa shape index (κ2) is 4.21. The zero-order chi connectivity index (χ0) is 12.5. The first-order chi connectivity index (χ1) is 7.97. The van der Waals surface area contributed by atoms with E-state index in [0.717, 1.165) is 0 Å². The average Bonchev–Trinajstić information content (AvgIpc) is 2.85. The maximum atomic E-state index is 11.8. The first-order valence-corrected chi connectivity index (χ1v) is 5.76. The third kappa shape index (κ3) is 2.64. The Kier molecular flexibility index (Phi) is 2.88. The zero-order valence-corrected chi connectivity index (χ0v) is 10.4. The summed E-state index contributed by atoms with van der Waals surface area (Å²) in [5.41, 5.74) is 1.47. The standard InChI is InChI=1S/C9H11N5O2S/c1-9(2,3)16-8(15)6-5(11-14-12-6)7-13-10-4-17-7/h4H,1-3H3,(H,11,12,14). The second-order valence-electron chi connectivity index (χ2n) is 4.27. The minimum Gasteiger partial charge on any atom is -0.455 e. The van der Waals surface area contributed by atoms with Gasteiger partial charge in [0.05, 0.1) is 0 Å². The van der Waals surface area contributed by atoms with E-state index >= 15 is 0 Å². The quantitative estimate of drug-likeness (QED) is 0.810. The van der Waals surface area contributed by atoms with Gasteiger partial charge in [-0.25, -0.2) is 4.79 Å². The minimum atomic E-state index is -0.575. The number of carbonyl (C=O) groups is 1. The van der Waals surface area contributed by atoms with Gasteiger partial charge >= 0.3 is 5.97 Å². The number of H-pyrrole nitrogens is 1. The van der Waals surface area contributed by atoms with Crippen molar-refractivity contribution in [2.24, 2.45) is 0 Å². The highest BCUT2D eigenvalue weighted by atomic mass is 32.1. The van der Waals surface area contributed by atoms with E-state index in [1.54, 1.807) is 26.3 Å². The van der Waals surface area contributed by atoms with Crippen molar-refractivity contribution in [1.82, 2.24) is 25.6 Å². The smallest absolute Gasteiger partial charge is 0.361 e. The number of carbonyl (C=O) groups excluding carboxylic acids is 1. The number of hydrogen-bond donors (Lipinski definition) is 1. The summed E-state index contributed by atoms with van der Waals surface area (Å²) in [5.74, 6) is -0.531. The molecule has 0 radical (unpaired) electrons. The summed E-state index contributed by atoms with van der Waals surface area (Å²) in [7, 11) is 0. The molecular weight excluding hydrogens is 242 g/mol. The lowest BCUT2D eigenvalue weighted by Gasteiger charge is -2.18. The van der Waals surface area contributed by atoms with Crippen LogP contribution in [0.25, 0.3) is 10.7 Å². The predicted molar refractivity (Wildman–Crippen MR) is 60.5 cm³/mol. The van der Waals surface area contributed by atoms with Crippen LogP contribution in [0.15, 0.2) is 5.51 Å². The molecule has 7 nitrogen and oxygen atoms in total. The summed E-state index contributed by atoms with van der Waals surface area (Å²) in [6, 6.07) is 0. The van der Waals surface area contributed by atoms with Gasteiger partial charge in [0.15, 0.2) is 10.7 Å².